The van der Waals surface area contributed by atoms with Gasteiger partial charge in [0.2, 0.25) is 15.9 Å². The highest BCUT2D eigenvalue weighted by Gasteiger charge is 2.26. The highest BCUT2D eigenvalue weighted by Crippen LogP contribution is 2.20. The van der Waals surface area contributed by atoms with Gasteiger partial charge < -0.3 is 14.2 Å². The number of nitrogens with one attached hydrogen (secondary N) is 1. The van der Waals surface area contributed by atoms with Crippen molar-refractivity contribution >= 4 is 21.6 Å². The molecule has 0 unspecified atom stereocenters. The molecule has 27 heavy (non-hydrogen) atoms. The van der Waals surface area contributed by atoms with Crippen molar-refractivity contribution < 1.29 is 17.9 Å². The van der Waals surface area contributed by atoms with E-state index >= 15 is 0 Å². The molecular formula is C17H23N5O4S. The molecule has 0 spiro atoms. The molecule has 0 radical (unpaired) electrons. The number of rotatable bonds is 6. The molecule has 1 aliphatic rings. The number of likely N-dealkylation sites (tertiary alicyclic amines) is 1. The molecule has 146 valence electrons. The highest BCUT2D eigenvalue weighted by molar-refractivity contribution is 7.92. The van der Waals surface area contributed by atoms with Crippen molar-refractivity contribution in [2.75, 3.05) is 23.6 Å². The molecule has 3 heterocycles. The number of anilines is 1. The Morgan fingerprint density at radius 1 is 1.30 bits per heavy atom. The number of hydrogen-bond acceptors (Lipinski definition) is 6. The molecular weight excluding hydrogens is 370 g/mol. The lowest BCUT2D eigenvalue weighted by molar-refractivity contribution is 0.0579. The fourth-order valence-corrected chi connectivity index (χ4v) is 3.46. The molecule has 1 amide bonds. The first-order valence-corrected chi connectivity index (χ1v) is 10.4. The Balaban J connectivity index is 1.52. The highest BCUT2D eigenvalue weighted by atomic mass is 32.2. The maximum Gasteiger partial charge on any atom is 0.272 e. The lowest BCUT2D eigenvalue weighted by atomic mass is 10.1. The van der Waals surface area contributed by atoms with Crippen LogP contribution >= 0.6 is 0 Å². The summed E-state index contributed by atoms with van der Waals surface area (Å²) in [5.41, 5.74) is 0.974. The number of sulfonamides is 1. The number of imidazole rings is 1. The minimum absolute atomic E-state index is 0.00135. The molecule has 10 heteroatoms. The Morgan fingerprint density at radius 3 is 2.59 bits per heavy atom. The average Bonchev–Trinajstić information content (AvgIpc) is 3.09. The van der Waals surface area contributed by atoms with E-state index in [0.717, 1.165) is 0 Å². The Labute approximate surface area is 158 Å². The quantitative estimate of drug-likeness (QED) is 0.792. The number of carbonyl (C=O) groups excluding carboxylic acids is 1. The van der Waals surface area contributed by atoms with Crippen LogP contribution < -0.4 is 9.46 Å². The molecule has 0 aromatic carbocycles. The van der Waals surface area contributed by atoms with Crippen LogP contribution in [0.1, 0.15) is 30.3 Å². The number of aryl methyl sites for hydroxylation is 1. The van der Waals surface area contributed by atoms with Crippen LogP contribution in [-0.4, -0.2) is 58.7 Å². The van der Waals surface area contributed by atoms with E-state index in [1.54, 1.807) is 48.1 Å². The number of carbonyl (C=O) groups is 1. The van der Waals surface area contributed by atoms with Gasteiger partial charge in [0.25, 0.3) is 5.91 Å². The topological polar surface area (TPSA) is 106 Å². The maximum atomic E-state index is 12.5. The van der Waals surface area contributed by atoms with Crippen LogP contribution in [0.5, 0.6) is 5.88 Å². The van der Waals surface area contributed by atoms with Crippen molar-refractivity contribution in [1.29, 1.82) is 0 Å². The van der Waals surface area contributed by atoms with Gasteiger partial charge in [0, 0.05) is 39.0 Å². The van der Waals surface area contributed by atoms with E-state index in [-0.39, 0.29) is 17.8 Å². The van der Waals surface area contributed by atoms with Crippen LogP contribution in [0.3, 0.4) is 0 Å². The Kier molecular flexibility index (Phi) is 5.64. The summed E-state index contributed by atoms with van der Waals surface area (Å²) in [5, 5.41) is 0. The molecule has 3 rings (SSSR count). The minimum atomic E-state index is -3.32. The van der Waals surface area contributed by atoms with Gasteiger partial charge in [-0.2, -0.15) is 0 Å². The standard InChI is InChI=1S/C17H23N5O4S/c1-3-27(24,25)20-13-4-5-16(19-10-13)26-14-6-8-22(9-7-14)17(23)15-11-18-12-21(15)2/h4-5,10-12,14,20H,3,6-9H2,1-2H3. The van der Waals surface area contributed by atoms with E-state index in [4.69, 9.17) is 4.74 Å². The fourth-order valence-electron chi connectivity index (χ4n) is 2.83. The SMILES string of the molecule is CCS(=O)(=O)Nc1ccc(OC2CCN(C(=O)c3cncn3C)CC2)nc1. The molecule has 2 aromatic rings. The summed E-state index contributed by atoms with van der Waals surface area (Å²) < 4.78 is 33.1. The van der Waals surface area contributed by atoms with Gasteiger partial charge in [0.1, 0.15) is 11.8 Å². The van der Waals surface area contributed by atoms with E-state index in [1.165, 1.54) is 6.20 Å². The van der Waals surface area contributed by atoms with E-state index in [1.807, 2.05) is 0 Å². The van der Waals surface area contributed by atoms with Crippen molar-refractivity contribution in [3.05, 3.63) is 36.5 Å². The third-order valence-electron chi connectivity index (χ3n) is 4.44. The number of amides is 1. The molecule has 1 fully saturated rings. The van der Waals surface area contributed by atoms with Gasteiger partial charge in [-0.1, -0.05) is 0 Å². The Bertz CT molecular complexity index is 886. The molecule has 1 N–H and O–H groups in total. The zero-order valence-corrected chi connectivity index (χ0v) is 16.1. The molecule has 0 atom stereocenters. The van der Waals surface area contributed by atoms with E-state index in [0.29, 0.717) is 43.2 Å². The summed E-state index contributed by atoms with van der Waals surface area (Å²) in [5.74, 6) is 0.409. The zero-order chi connectivity index (χ0) is 19.4. The summed E-state index contributed by atoms with van der Waals surface area (Å²) >= 11 is 0. The number of pyridine rings is 1. The number of piperidine rings is 1. The zero-order valence-electron chi connectivity index (χ0n) is 15.3. The monoisotopic (exact) mass is 393 g/mol. The largest absolute Gasteiger partial charge is 0.474 e. The van der Waals surface area contributed by atoms with Gasteiger partial charge >= 0.3 is 0 Å². The van der Waals surface area contributed by atoms with Gasteiger partial charge in [-0.3, -0.25) is 9.52 Å². The van der Waals surface area contributed by atoms with Crippen molar-refractivity contribution in [3.8, 4) is 5.88 Å². The second-order valence-corrected chi connectivity index (χ2v) is 8.40. The van der Waals surface area contributed by atoms with Crippen LogP contribution in [0.2, 0.25) is 0 Å². The lowest BCUT2D eigenvalue weighted by Crippen LogP contribution is -2.42. The van der Waals surface area contributed by atoms with Crippen molar-refractivity contribution in [1.82, 2.24) is 19.4 Å². The maximum absolute atomic E-state index is 12.5. The van der Waals surface area contributed by atoms with Gasteiger partial charge in [-0.15, -0.1) is 0 Å². The molecule has 0 bridgehead atoms. The first-order valence-electron chi connectivity index (χ1n) is 8.77. The average molecular weight is 393 g/mol. The molecule has 1 saturated heterocycles. The Hall–Kier alpha value is -2.62. The smallest absolute Gasteiger partial charge is 0.272 e. The summed E-state index contributed by atoms with van der Waals surface area (Å²) in [6.45, 7) is 2.77. The molecule has 9 nitrogen and oxygen atoms in total. The van der Waals surface area contributed by atoms with Crippen LogP contribution in [0.15, 0.2) is 30.9 Å². The molecule has 0 aliphatic carbocycles. The Morgan fingerprint density at radius 2 is 2.04 bits per heavy atom. The van der Waals surface area contributed by atoms with Crippen molar-refractivity contribution in [3.63, 3.8) is 0 Å². The summed E-state index contributed by atoms with van der Waals surface area (Å²) in [6, 6.07) is 3.26. The number of ether oxygens (including phenoxy) is 1. The van der Waals surface area contributed by atoms with Crippen LogP contribution in [0.25, 0.3) is 0 Å². The van der Waals surface area contributed by atoms with Gasteiger partial charge in [-0.25, -0.2) is 18.4 Å². The lowest BCUT2D eigenvalue weighted by Gasteiger charge is -2.31. The second-order valence-electron chi connectivity index (χ2n) is 6.39. The third kappa shape index (κ3) is 4.76. The summed E-state index contributed by atoms with van der Waals surface area (Å²) in [4.78, 5) is 22.4. The van der Waals surface area contributed by atoms with Gasteiger partial charge in [-0.05, 0) is 13.0 Å². The predicted octanol–water partition coefficient (Wildman–Crippen LogP) is 1.26. The van der Waals surface area contributed by atoms with E-state index in [2.05, 4.69) is 14.7 Å². The normalized spacial score (nSPS) is 15.6. The van der Waals surface area contributed by atoms with Gasteiger partial charge in [0.15, 0.2) is 0 Å². The summed E-state index contributed by atoms with van der Waals surface area (Å²) in [7, 11) is -1.53. The first-order chi connectivity index (χ1) is 12.9. The van der Waals surface area contributed by atoms with E-state index in [9.17, 15) is 13.2 Å². The van der Waals surface area contributed by atoms with Crippen molar-refractivity contribution in [2.24, 2.45) is 7.05 Å². The predicted molar refractivity (Wildman–Crippen MR) is 100 cm³/mol. The van der Waals surface area contributed by atoms with E-state index < -0.39 is 10.0 Å². The van der Waals surface area contributed by atoms with Gasteiger partial charge in [0.05, 0.1) is 30.2 Å². The molecule has 2 aromatic heterocycles. The summed E-state index contributed by atoms with van der Waals surface area (Å²) in [6.07, 6.45) is 5.99. The van der Waals surface area contributed by atoms with Crippen LogP contribution in [-0.2, 0) is 17.1 Å². The van der Waals surface area contributed by atoms with Crippen molar-refractivity contribution in [2.45, 2.75) is 25.9 Å². The van der Waals surface area contributed by atoms with Crippen LogP contribution in [0, 0.1) is 0 Å². The van der Waals surface area contributed by atoms with Crippen LogP contribution in [0.4, 0.5) is 5.69 Å². The number of nitrogens with zero attached hydrogens (tertiary/aromatic N) is 4. The number of hydrogen-bond donors (Lipinski definition) is 1. The number of aromatic nitrogens is 3. The molecule has 1 aliphatic heterocycles. The minimum Gasteiger partial charge on any atom is -0.474 e. The third-order valence-corrected chi connectivity index (χ3v) is 5.75. The first kappa shape index (κ1) is 19.2. The second kappa shape index (κ2) is 7.95. The molecule has 0 saturated carbocycles. The fraction of sp³-hybridized carbons (Fsp3) is 0.471.